The molecule has 2 rings (SSSR count). The van der Waals surface area contributed by atoms with Gasteiger partial charge >= 0.3 is 0 Å². The van der Waals surface area contributed by atoms with Crippen molar-refractivity contribution in [3.05, 3.63) is 41.3 Å². The molecule has 1 aromatic heterocycles. The van der Waals surface area contributed by atoms with Gasteiger partial charge < -0.3 is 9.29 Å². The first-order valence-electron chi connectivity index (χ1n) is 6.60. The summed E-state index contributed by atoms with van der Waals surface area (Å²) in [7, 11) is 1.66. The number of hydrogen-bond donors (Lipinski definition) is 0. The second-order valence-corrected chi connectivity index (χ2v) is 8.58. The van der Waals surface area contributed by atoms with E-state index in [1.165, 1.54) is 0 Å². The average Bonchev–Trinajstić information content (AvgIpc) is 2.92. The topological polar surface area (TPSA) is 44.6 Å². The number of ether oxygens (including phenoxy) is 1. The summed E-state index contributed by atoms with van der Waals surface area (Å²) in [5.74, 6) is 0.838. The molecular weight excluding hydrogens is 302 g/mol. The highest BCUT2D eigenvalue weighted by Gasteiger charge is 2.25. The van der Waals surface area contributed by atoms with Gasteiger partial charge in [0.25, 0.3) is 0 Å². The van der Waals surface area contributed by atoms with Crippen LogP contribution in [0, 0.1) is 0 Å². The van der Waals surface area contributed by atoms with Crippen LogP contribution >= 0.6 is 11.3 Å². The van der Waals surface area contributed by atoms with E-state index in [9.17, 15) is 4.55 Å². The van der Waals surface area contributed by atoms with Crippen molar-refractivity contribution < 1.29 is 9.29 Å². The van der Waals surface area contributed by atoms with Crippen LogP contribution in [0.5, 0.6) is 5.75 Å². The number of hydrogen-bond acceptors (Lipinski definition) is 4. The van der Waals surface area contributed by atoms with Gasteiger partial charge in [-0.25, -0.2) is 0 Å². The van der Waals surface area contributed by atoms with Gasteiger partial charge in [-0.1, -0.05) is 16.5 Å². The molecule has 3 nitrogen and oxygen atoms in total. The lowest BCUT2D eigenvalue weighted by Gasteiger charge is -2.17. The Bertz CT molecular complexity index is 629. The molecule has 0 saturated carbocycles. The molecule has 0 aliphatic carbocycles. The van der Waals surface area contributed by atoms with Crippen LogP contribution in [0.25, 0.3) is 10.4 Å². The fraction of sp³-hybridized carbons (Fsp3) is 0.312. The Morgan fingerprint density at radius 1 is 1.24 bits per heavy atom. The predicted octanol–water partition coefficient (Wildman–Crippen LogP) is 4.30. The summed E-state index contributed by atoms with van der Waals surface area (Å²) < 4.78 is 20.9. The SMILES string of the molecule is COc1cccc(-c2ccc(C=N[S@+]([O-])C(C)(C)C)s2)c1. The average molecular weight is 321 g/mol. The smallest absolute Gasteiger partial charge is 0.144 e. The van der Waals surface area contributed by atoms with Crippen molar-refractivity contribution in [2.45, 2.75) is 25.5 Å². The van der Waals surface area contributed by atoms with Crippen molar-refractivity contribution in [1.29, 1.82) is 0 Å². The summed E-state index contributed by atoms with van der Waals surface area (Å²) in [4.78, 5) is 2.13. The van der Waals surface area contributed by atoms with Gasteiger partial charge in [0.15, 0.2) is 0 Å². The Labute approximate surface area is 133 Å². The highest BCUT2D eigenvalue weighted by Crippen LogP contribution is 2.30. The third kappa shape index (κ3) is 4.33. The van der Waals surface area contributed by atoms with Gasteiger partial charge in [-0.2, -0.15) is 0 Å². The van der Waals surface area contributed by atoms with Gasteiger partial charge in [0.1, 0.15) is 21.9 Å². The maximum absolute atomic E-state index is 11.9. The van der Waals surface area contributed by atoms with Gasteiger partial charge in [0.05, 0.1) is 18.2 Å². The zero-order valence-corrected chi connectivity index (χ0v) is 14.3. The third-order valence-corrected chi connectivity index (χ3v) is 5.19. The highest BCUT2D eigenvalue weighted by atomic mass is 32.2. The van der Waals surface area contributed by atoms with Gasteiger partial charge in [0.2, 0.25) is 0 Å². The van der Waals surface area contributed by atoms with Crippen LogP contribution in [0.3, 0.4) is 0 Å². The minimum Gasteiger partial charge on any atom is -0.591 e. The Kier molecular flexibility index (Phi) is 5.08. The fourth-order valence-electron chi connectivity index (χ4n) is 1.61. The summed E-state index contributed by atoms with van der Waals surface area (Å²) in [6.45, 7) is 5.74. The molecule has 1 heterocycles. The molecule has 0 bridgehead atoms. The molecule has 0 unspecified atom stereocenters. The molecule has 1 atom stereocenters. The second-order valence-electron chi connectivity index (χ2n) is 5.53. The molecule has 0 spiro atoms. The second kappa shape index (κ2) is 6.64. The maximum atomic E-state index is 11.9. The molecule has 0 amide bonds. The van der Waals surface area contributed by atoms with E-state index in [-0.39, 0.29) is 4.75 Å². The van der Waals surface area contributed by atoms with E-state index in [4.69, 9.17) is 4.74 Å². The number of benzene rings is 1. The van der Waals surface area contributed by atoms with Gasteiger partial charge in [-0.3, -0.25) is 0 Å². The molecule has 0 aliphatic rings. The number of thiophene rings is 1. The molecule has 112 valence electrons. The van der Waals surface area contributed by atoms with Crippen LogP contribution < -0.4 is 4.74 Å². The van der Waals surface area contributed by atoms with E-state index in [2.05, 4.69) is 4.40 Å². The molecule has 1 aromatic carbocycles. The Morgan fingerprint density at radius 3 is 2.67 bits per heavy atom. The van der Waals surface area contributed by atoms with Gasteiger partial charge in [-0.15, -0.1) is 11.3 Å². The van der Waals surface area contributed by atoms with Crippen molar-refractivity contribution >= 4 is 28.9 Å². The Hall–Kier alpha value is -1.30. The van der Waals surface area contributed by atoms with Crippen LogP contribution in [0.2, 0.25) is 0 Å². The van der Waals surface area contributed by atoms with Crippen LogP contribution in [-0.2, 0) is 11.4 Å². The largest absolute Gasteiger partial charge is 0.591 e. The first kappa shape index (κ1) is 16.1. The normalized spacial score (nSPS) is 13.6. The van der Waals surface area contributed by atoms with Crippen LogP contribution in [-0.4, -0.2) is 22.6 Å². The number of rotatable bonds is 4. The van der Waals surface area contributed by atoms with E-state index in [0.717, 1.165) is 21.1 Å². The Balaban J connectivity index is 2.16. The maximum Gasteiger partial charge on any atom is 0.144 e. The van der Waals surface area contributed by atoms with Crippen LogP contribution in [0.4, 0.5) is 0 Å². The van der Waals surface area contributed by atoms with E-state index >= 15 is 0 Å². The third-order valence-electron chi connectivity index (χ3n) is 2.78. The van der Waals surface area contributed by atoms with E-state index in [1.807, 2.05) is 57.2 Å². The van der Waals surface area contributed by atoms with Gasteiger partial charge in [-0.05, 0) is 50.6 Å². The number of methoxy groups -OCH3 is 1. The van der Waals surface area contributed by atoms with Crippen molar-refractivity contribution in [3.8, 4) is 16.2 Å². The first-order valence-corrected chi connectivity index (χ1v) is 8.53. The summed E-state index contributed by atoms with van der Waals surface area (Å²) >= 11 is 0.396. The van der Waals surface area contributed by atoms with Crippen molar-refractivity contribution in [2.24, 2.45) is 4.40 Å². The van der Waals surface area contributed by atoms with E-state index in [0.29, 0.717) is 0 Å². The number of nitrogens with zero attached hydrogens (tertiary/aromatic N) is 1. The zero-order chi connectivity index (χ0) is 15.5. The molecule has 0 saturated heterocycles. The molecule has 0 fully saturated rings. The van der Waals surface area contributed by atoms with Crippen molar-refractivity contribution in [2.75, 3.05) is 7.11 Å². The van der Waals surface area contributed by atoms with Crippen molar-refractivity contribution in [1.82, 2.24) is 0 Å². The molecule has 5 heteroatoms. The minimum absolute atomic E-state index is 0.330. The van der Waals surface area contributed by atoms with Crippen LogP contribution in [0.15, 0.2) is 40.8 Å². The molecule has 0 aliphatic heterocycles. The molecule has 0 radical (unpaired) electrons. The summed E-state index contributed by atoms with van der Waals surface area (Å²) in [6, 6.07) is 12.0. The van der Waals surface area contributed by atoms with E-state index in [1.54, 1.807) is 24.7 Å². The lowest BCUT2D eigenvalue weighted by molar-refractivity contribution is 0.415. The van der Waals surface area contributed by atoms with Gasteiger partial charge in [0, 0.05) is 4.88 Å². The Morgan fingerprint density at radius 2 is 2.00 bits per heavy atom. The summed E-state index contributed by atoms with van der Waals surface area (Å²) in [5, 5.41) is 0. The quantitative estimate of drug-likeness (QED) is 0.622. The predicted molar refractivity (Wildman–Crippen MR) is 91.8 cm³/mol. The monoisotopic (exact) mass is 321 g/mol. The lowest BCUT2D eigenvalue weighted by Crippen LogP contribution is -2.25. The summed E-state index contributed by atoms with van der Waals surface area (Å²) in [6.07, 6.45) is 1.69. The molecule has 2 aromatic rings. The highest BCUT2D eigenvalue weighted by molar-refractivity contribution is 7.91. The zero-order valence-electron chi connectivity index (χ0n) is 12.6. The standard InChI is InChI=1S/C16H19NO2S2/c1-16(2,3)21(18)17-11-14-8-9-15(20-14)12-6-5-7-13(10-12)19-4/h5-11H,1-4H3/t21-/m1/s1. The minimum atomic E-state index is -1.22. The van der Waals surface area contributed by atoms with E-state index < -0.39 is 11.4 Å². The lowest BCUT2D eigenvalue weighted by atomic mass is 10.2. The molecule has 0 N–H and O–H groups in total. The summed E-state index contributed by atoms with van der Waals surface area (Å²) in [5.41, 5.74) is 1.11. The fourth-order valence-corrected chi connectivity index (χ4v) is 3.08. The van der Waals surface area contributed by atoms with Crippen LogP contribution in [0.1, 0.15) is 25.6 Å². The molecule has 21 heavy (non-hydrogen) atoms. The molecular formula is C16H19NO2S2. The first-order chi connectivity index (χ1) is 9.90. The van der Waals surface area contributed by atoms with Crippen molar-refractivity contribution in [3.63, 3.8) is 0 Å².